The van der Waals surface area contributed by atoms with E-state index in [1.54, 1.807) is 0 Å². The first-order chi connectivity index (χ1) is 13.6. The Labute approximate surface area is 175 Å². The van der Waals surface area contributed by atoms with Crippen LogP contribution in [-0.2, 0) is 4.79 Å². The first-order valence-corrected chi connectivity index (χ1v) is 11.2. The SMILES string of the molecule is CCN(CC)c1ccc(NC(=S)N2CCN(C(=O)C3CCCCC3)CC2)cc1. The summed E-state index contributed by atoms with van der Waals surface area (Å²) in [6.07, 6.45) is 5.84. The summed E-state index contributed by atoms with van der Waals surface area (Å²) >= 11 is 5.62. The van der Waals surface area contributed by atoms with Gasteiger partial charge < -0.3 is 20.0 Å². The molecule has 0 bridgehead atoms. The van der Waals surface area contributed by atoms with Crippen molar-refractivity contribution in [3.8, 4) is 0 Å². The third kappa shape index (κ3) is 5.16. The van der Waals surface area contributed by atoms with Crippen LogP contribution in [0.4, 0.5) is 11.4 Å². The van der Waals surface area contributed by atoms with Gasteiger partial charge >= 0.3 is 0 Å². The van der Waals surface area contributed by atoms with E-state index < -0.39 is 0 Å². The van der Waals surface area contributed by atoms with Gasteiger partial charge in [0.05, 0.1) is 0 Å². The minimum atomic E-state index is 0.259. The fourth-order valence-corrected chi connectivity index (χ4v) is 4.58. The standard InChI is InChI=1S/C22H34N4OS/c1-3-24(4-2)20-12-10-19(11-13-20)23-22(28)26-16-14-25(15-17-26)21(27)18-8-6-5-7-9-18/h10-13,18H,3-9,14-17H2,1-2H3,(H,23,28). The maximum Gasteiger partial charge on any atom is 0.225 e. The monoisotopic (exact) mass is 402 g/mol. The number of nitrogens with one attached hydrogen (secondary N) is 1. The molecule has 0 unspecified atom stereocenters. The molecule has 1 saturated carbocycles. The average molecular weight is 403 g/mol. The van der Waals surface area contributed by atoms with E-state index in [-0.39, 0.29) is 5.92 Å². The third-order valence-electron chi connectivity index (χ3n) is 6.08. The van der Waals surface area contributed by atoms with Crippen molar-refractivity contribution in [1.82, 2.24) is 9.80 Å². The number of hydrogen-bond donors (Lipinski definition) is 1. The minimum absolute atomic E-state index is 0.259. The molecule has 28 heavy (non-hydrogen) atoms. The molecule has 1 saturated heterocycles. The molecule has 1 aliphatic carbocycles. The van der Waals surface area contributed by atoms with E-state index in [9.17, 15) is 4.79 Å². The Morgan fingerprint density at radius 1 is 1.00 bits per heavy atom. The van der Waals surface area contributed by atoms with E-state index >= 15 is 0 Å². The topological polar surface area (TPSA) is 38.8 Å². The number of amides is 1. The molecule has 1 N–H and O–H groups in total. The van der Waals surface area contributed by atoms with Crippen LogP contribution in [0, 0.1) is 5.92 Å². The van der Waals surface area contributed by atoms with Crippen LogP contribution in [0.15, 0.2) is 24.3 Å². The maximum atomic E-state index is 12.7. The lowest BCUT2D eigenvalue weighted by molar-refractivity contribution is -0.137. The number of piperazine rings is 1. The van der Waals surface area contributed by atoms with Crippen LogP contribution >= 0.6 is 12.2 Å². The Morgan fingerprint density at radius 2 is 1.57 bits per heavy atom. The smallest absolute Gasteiger partial charge is 0.225 e. The predicted octanol–water partition coefficient (Wildman–Crippen LogP) is 3.95. The molecule has 0 spiro atoms. The van der Waals surface area contributed by atoms with E-state index in [0.29, 0.717) is 5.91 Å². The zero-order valence-corrected chi connectivity index (χ0v) is 18.1. The summed E-state index contributed by atoms with van der Waals surface area (Å²) in [4.78, 5) is 19.3. The fourth-order valence-electron chi connectivity index (χ4n) is 4.28. The van der Waals surface area contributed by atoms with Crippen LogP contribution < -0.4 is 10.2 Å². The Hall–Kier alpha value is -1.82. The largest absolute Gasteiger partial charge is 0.372 e. The second kappa shape index (κ2) is 10.1. The Morgan fingerprint density at radius 3 is 2.14 bits per heavy atom. The predicted molar refractivity (Wildman–Crippen MR) is 121 cm³/mol. The van der Waals surface area contributed by atoms with Crippen molar-refractivity contribution in [2.75, 3.05) is 49.5 Å². The lowest BCUT2D eigenvalue weighted by atomic mass is 9.88. The van der Waals surface area contributed by atoms with Crippen molar-refractivity contribution in [3.05, 3.63) is 24.3 Å². The molecule has 5 nitrogen and oxygen atoms in total. The lowest BCUT2D eigenvalue weighted by Gasteiger charge is -2.38. The summed E-state index contributed by atoms with van der Waals surface area (Å²) in [6.45, 7) is 9.52. The highest BCUT2D eigenvalue weighted by Crippen LogP contribution is 2.26. The second-order valence-electron chi connectivity index (χ2n) is 7.80. The number of carbonyl (C=O) groups excluding carboxylic acids is 1. The highest BCUT2D eigenvalue weighted by molar-refractivity contribution is 7.80. The van der Waals surface area contributed by atoms with Gasteiger partial charge in [-0.25, -0.2) is 0 Å². The number of thiocarbonyl (C=S) groups is 1. The van der Waals surface area contributed by atoms with Gasteiger partial charge in [-0.15, -0.1) is 0 Å². The molecule has 1 amide bonds. The van der Waals surface area contributed by atoms with Crippen LogP contribution in [0.5, 0.6) is 0 Å². The van der Waals surface area contributed by atoms with Gasteiger partial charge in [-0.05, 0) is 63.2 Å². The summed E-state index contributed by atoms with van der Waals surface area (Å²) in [5.41, 5.74) is 2.25. The van der Waals surface area contributed by atoms with Crippen LogP contribution in [0.25, 0.3) is 0 Å². The number of rotatable bonds is 5. The molecule has 1 aromatic rings. The fraction of sp³-hybridized carbons (Fsp3) is 0.636. The first kappa shape index (κ1) is 20.9. The van der Waals surface area contributed by atoms with Crippen molar-refractivity contribution in [2.45, 2.75) is 46.0 Å². The molecule has 3 rings (SSSR count). The van der Waals surface area contributed by atoms with Gasteiger partial charge in [0.2, 0.25) is 5.91 Å². The van der Waals surface area contributed by atoms with E-state index in [1.807, 2.05) is 4.90 Å². The molecular formula is C22H34N4OS. The van der Waals surface area contributed by atoms with E-state index in [1.165, 1.54) is 24.9 Å². The third-order valence-corrected chi connectivity index (χ3v) is 6.44. The molecule has 0 aromatic heterocycles. The van der Waals surface area contributed by atoms with Crippen LogP contribution in [0.3, 0.4) is 0 Å². The quantitative estimate of drug-likeness (QED) is 0.755. The molecule has 1 heterocycles. The van der Waals surface area contributed by atoms with Crippen molar-refractivity contribution >= 4 is 34.6 Å². The van der Waals surface area contributed by atoms with E-state index in [4.69, 9.17) is 12.2 Å². The Kier molecular flexibility index (Phi) is 7.54. The van der Waals surface area contributed by atoms with Gasteiger partial charge in [-0.1, -0.05) is 19.3 Å². The molecule has 0 radical (unpaired) electrons. The van der Waals surface area contributed by atoms with E-state index in [2.05, 4.69) is 53.2 Å². The molecule has 1 aliphatic heterocycles. The summed E-state index contributed by atoms with van der Waals surface area (Å²) in [5, 5.41) is 4.11. The Balaban J connectivity index is 1.48. The highest BCUT2D eigenvalue weighted by atomic mass is 32.1. The van der Waals surface area contributed by atoms with E-state index in [0.717, 1.165) is 62.9 Å². The van der Waals surface area contributed by atoms with Gasteiger partial charge in [0, 0.05) is 56.6 Å². The first-order valence-electron chi connectivity index (χ1n) is 10.8. The summed E-state index contributed by atoms with van der Waals surface area (Å²) in [5.74, 6) is 0.625. The molecule has 0 atom stereocenters. The molecular weight excluding hydrogens is 368 g/mol. The van der Waals surface area contributed by atoms with Crippen molar-refractivity contribution in [1.29, 1.82) is 0 Å². The van der Waals surface area contributed by atoms with Gasteiger partial charge in [0.25, 0.3) is 0 Å². The molecule has 1 aromatic carbocycles. The van der Waals surface area contributed by atoms with Crippen molar-refractivity contribution in [2.24, 2.45) is 5.92 Å². The Bertz CT molecular complexity index is 645. The lowest BCUT2D eigenvalue weighted by Crippen LogP contribution is -2.53. The number of carbonyl (C=O) groups is 1. The van der Waals surface area contributed by atoms with Gasteiger partial charge in [-0.3, -0.25) is 4.79 Å². The van der Waals surface area contributed by atoms with Gasteiger partial charge in [-0.2, -0.15) is 0 Å². The molecule has 2 fully saturated rings. The van der Waals surface area contributed by atoms with Crippen molar-refractivity contribution < 1.29 is 4.79 Å². The highest BCUT2D eigenvalue weighted by Gasteiger charge is 2.28. The number of benzene rings is 1. The number of hydrogen-bond acceptors (Lipinski definition) is 3. The zero-order valence-electron chi connectivity index (χ0n) is 17.3. The van der Waals surface area contributed by atoms with Crippen LogP contribution in [-0.4, -0.2) is 60.1 Å². The zero-order chi connectivity index (χ0) is 19.9. The molecule has 154 valence electrons. The summed E-state index contributed by atoms with van der Waals surface area (Å²) in [6, 6.07) is 8.45. The minimum Gasteiger partial charge on any atom is -0.372 e. The van der Waals surface area contributed by atoms with Crippen LogP contribution in [0.2, 0.25) is 0 Å². The van der Waals surface area contributed by atoms with Crippen molar-refractivity contribution in [3.63, 3.8) is 0 Å². The maximum absolute atomic E-state index is 12.7. The molecule has 6 heteroatoms. The number of nitrogens with zero attached hydrogens (tertiary/aromatic N) is 3. The second-order valence-corrected chi connectivity index (χ2v) is 8.18. The normalized spacial score (nSPS) is 18.1. The summed E-state index contributed by atoms with van der Waals surface area (Å²) < 4.78 is 0. The van der Waals surface area contributed by atoms with Gasteiger partial charge in [0.1, 0.15) is 0 Å². The average Bonchev–Trinajstić information content (AvgIpc) is 2.76. The summed E-state index contributed by atoms with van der Waals surface area (Å²) in [7, 11) is 0. The van der Waals surface area contributed by atoms with Crippen LogP contribution in [0.1, 0.15) is 46.0 Å². The van der Waals surface area contributed by atoms with Gasteiger partial charge in [0.15, 0.2) is 5.11 Å². The number of anilines is 2. The molecule has 2 aliphatic rings.